The first-order valence-electron chi connectivity index (χ1n) is 12.4. The molecule has 3 unspecified atom stereocenters. The van der Waals surface area contributed by atoms with Crippen LogP contribution in [0, 0.1) is 40.4 Å². The maximum Gasteiger partial charge on any atom is 0.229 e. The zero-order valence-electron chi connectivity index (χ0n) is 23.3. The van der Waals surface area contributed by atoms with Gasteiger partial charge in [-0.05, 0) is 56.8 Å². The minimum Gasteiger partial charge on any atom is -0.342 e. The van der Waals surface area contributed by atoms with Crippen molar-refractivity contribution < 1.29 is 9.59 Å². The summed E-state index contributed by atoms with van der Waals surface area (Å²) in [6.07, 6.45) is 0. The van der Waals surface area contributed by atoms with E-state index < -0.39 is 0 Å². The van der Waals surface area contributed by atoms with Crippen molar-refractivity contribution >= 4 is 11.8 Å². The van der Waals surface area contributed by atoms with Crippen LogP contribution in [0.5, 0.6) is 0 Å². The van der Waals surface area contributed by atoms with E-state index in [1.807, 2.05) is 11.9 Å². The highest BCUT2D eigenvalue weighted by atomic mass is 16.2. The fourth-order valence-corrected chi connectivity index (χ4v) is 8.10. The number of hydrogen-bond donors (Lipinski definition) is 0. The van der Waals surface area contributed by atoms with Gasteiger partial charge in [-0.1, -0.05) is 84.1 Å². The summed E-state index contributed by atoms with van der Waals surface area (Å²) in [5.41, 5.74) is -0.182. The van der Waals surface area contributed by atoms with Gasteiger partial charge >= 0.3 is 0 Å². The smallest absolute Gasteiger partial charge is 0.229 e. The summed E-state index contributed by atoms with van der Waals surface area (Å²) >= 11 is 0. The van der Waals surface area contributed by atoms with Gasteiger partial charge in [0, 0.05) is 36.0 Å². The van der Waals surface area contributed by atoms with Gasteiger partial charge in [-0.3, -0.25) is 9.59 Å². The Morgan fingerprint density at radius 2 is 1.15 bits per heavy atom. The van der Waals surface area contributed by atoms with Gasteiger partial charge in [0.15, 0.2) is 0 Å². The van der Waals surface area contributed by atoms with Crippen molar-refractivity contribution in [3.8, 4) is 0 Å². The molecule has 0 aromatic carbocycles. The van der Waals surface area contributed by atoms with Crippen LogP contribution in [0.15, 0.2) is 0 Å². The molecule has 2 fully saturated rings. The van der Waals surface area contributed by atoms with Crippen LogP contribution in [-0.2, 0) is 9.59 Å². The Morgan fingerprint density at radius 3 is 1.33 bits per heavy atom. The Hall–Kier alpha value is -1.06. The number of carbonyl (C=O) groups excluding carboxylic acids is 2. The second-order valence-corrected chi connectivity index (χ2v) is 13.0. The Balaban J connectivity index is 0. The molecule has 2 aliphatic rings. The van der Waals surface area contributed by atoms with E-state index in [1.165, 1.54) is 0 Å². The van der Waals surface area contributed by atoms with Crippen LogP contribution in [0.2, 0.25) is 0 Å². The van der Waals surface area contributed by atoms with E-state index in [2.05, 4.69) is 102 Å². The van der Waals surface area contributed by atoms with Gasteiger partial charge in [-0.25, -0.2) is 0 Å². The average molecular weight is 469 g/mol. The zero-order valence-corrected chi connectivity index (χ0v) is 23.3. The summed E-state index contributed by atoms with van der Waals surface area (Å²) in [4.78, 5) is 28.8. The van der Waals surface area contributed by atoms with Crippen molar-refractivity contribution in [3.63, 3.8) is 0 Å². The Labute approximate surface area is 208 Å². The van der Waals surface area contributed by atoms with Crippen molar-refractivity contribution in [2.24, 2.45) is 40.4 Å². The van der Waals surface area contributed by atoms with E-state index in [1.54, 1.807) is 0 Å². The highest BCUT2D eigenvalue weighted by molar-refractivity contribution is 5.86. The molecule has 2 rings (SSSR count). The van der Waals surface area contributed by atoms with Crippen molar-refractivity contribution in [2.75, 3.05) is 7.05 Å². The predicted octanol–water partition coefficient (Wildman–Crippen LogP) is 7.37. The lowest BCUT2D eigenvalue weighted by Crippen LogP contribution is -2.48. The van der Waals surface area contributed by atoms with Gasteiger partial charge in [-0.15, -0.1) is 0 Å². The quantitative estimate of drug-likeness (QED) is 0.432. The van der Waals surface area contributed by atoms with E-state index >= 15 is 0 Å². The first kappa shape index (κ1) is 34.1. The molecule has 0 saturated carbocycles. The van der Waals surface area contributed by atoms with E-state index in [0.29, 0.717) is 41.5 Å². The maximum absolute atomic E-state index is 12.5. The summed E-state index contributed by atoms with van der Waals surface area (Å²) < 4.78 is 0. The molecule has 2 saturated heterocycles. The van der Waals surface area contributed by atoms with E-state index in [4.69, 9.17) is 0 Å². The number of amides is 2. The standard InChI is InChI=1S/C14H27NO.C13H25NO.2CH4/c1-9(2)11-13(5,6)12(16)15(10(3)4)14(11,7)8;1-8(2)10-12(15)14(7)11(9(3)4)13(10,5)6;;/h9-11H,1-8H3;8-11H,1-7H3;2*1H4. The molecule has 2 heterocycles. The summed E-state index contributed by atoms with van der Waals surface area (Å²) in [5.74, 6) is 2.71. The number of rotatable bonds is 4. The van der Waals surface area contributed by atoms with Crippen molar-refractivity contribution in [1.29, 1.82) is 0 Å². The molecular weight excluding hydrogens is 408 g/mol. The van der Waals surface area contributed by atoms with Crippen LogP contribution in [0.3, 0.4) is 0 Å². The second-order valence-electron chi connectivity index (χ2n) is 13.0. The molecule has 0 radical (unpaired) electrons. The molecule has 0 spiro atoms. The number of hydrogen-bond acceptors (Lipinski definition) is 2. The average Bonchev–Trinajstić information content (AvgIpc) is 2.79. The van der Waals surface area contributed by atoms with Gasteiger partial charge in [0.1, 0.15) is 0 Å². The van der Waals surface area contributed by atoms with Gasteiger partial charge < -0.3 is 9.80 Å². The molecular formula is C29H60N2O2. The SMILES string of the molecule is C.C.CC(C)C1C(=O)N(C)C(C(C)C)C1(C)C.CC(C)C1C(C)(C)C(=O)N(C(C)C)C1(C)C. The van der Waals surface area contributed by atoms with Crippen LogP contribution in [-0.4, -0.2) is 46.3 Å². The Morgan fingerprint density at radius 1 is 0.727 bits per heavy atom. The summed E-state index contributed by atoms with van der Waals surface area (Å²) in [6.45, 7) is 30.5. The molecule has 4 heteroatoms. The van der Waals surface area contributed by atoms with E-state index in [0.717, 1.165) is 0 Å². The molecule has 3 atom stereocenters. The fourth-order valence-electron chi connectivity index (χ4n) is 8.10. The molecule has 0 aromatic heterocycles. The van der Waals surface area contributed by atoms with Crippen molar-refractivity contribution in [2.45, 2.75) is 129 Å². The highest BCUT2D eigenvalue weighted by Gasteiger charge is 2.59. The highest BCUT2D eigenvalue weighted by Crippen LogP contribution is 2.51. The molecule has 198 valence electrons. The monoisotopic (exact) mass is 468 g/mol. The third kappa shape index (κ3) is 5.78. The minimum atomic E-state index is -0.234. The lowest BCUT2D eigenvalue weighted by molar-refractivity contribution is -0.138. The normalized spacial score (nSPS) is 27.7. The first-order valence-corrected chi connectivity index (χ1v) is 12.4. The molecule has 4 nitrogen and oxygen atoms in total. The van der Waals surface area contributed by atoms with Crippen LogP contribution in [0.25, 0.3) is 0 Å². The Bertz CT molecular complexity index is 659. The van der Waals surface area contributed by atoms with Crippen LogP contribution in [0.4, 0.5) is 0 Å². The lowest BCUT2D eigenvalue weighted by atomic mass is 9.67. The second kappa shape index (κ2) is 11.1. The molecule has 0 aromatic rings. The summed E-state index contributed by atoms with van der Waals surface area (Å²) in [5, 5.41) is 0. The first-order chi connectivity index (χ1) is 13.7. The van der Waals surface area contributed by atoms with Gasteiger partial charge in [0.2, 0.25) is 11.8 Å². The third-order valence-corrected chi connectivity index (χ3v) is 8.01. The number of likely N-dealkylation sites (tertiary alicyclic amines) is 2. The summed E-state index contributed by atoms with van der Waals surface area (Å²) in [6, 6.07) is 0.655. The number of carbonyl (C=O) groups is 2. The Kier molecular flexibility index (Phi) is 11.5. The zero-order chi connectivity index (χ0) is 24.9. The number of nitrogens with zero attached hydrogens (tertiary/aromatic N) is 2. The molecule has 2 aliphatic heterocycles. The van der Waals surface area contributed by atoms with Gasteiger partial charge in [0.05, 0.1) is 0 Å². The third-order valence-electron chi connectivity index (χ3n) is 8.01. The molecule has 2 amide bonds. The molecule has 0 bridgehead atoms. The van der Waals surface area contributed by atoms with Gasteiger partial charge in [0.25, 0.3) is 0 Å². The van der Waals surface area contributed by atoms with Crippen LogP contribution in [0.1, 0.15) is 112 Å². The fraction of sp³-hybridized carbons (Fsp3) is 0.931. The van der Waals surface area contributed by atoms with Crippen molar-refractivity contribution in [1.82, 2.24) is 9.80 Å². The van der Waals surface area contributed by atoms with Crippen molar-refractivity contribution in [3.05, 3.63) is 0 Å². The van der Waals surface area contributed by atoms with E-state index in [-0.39, 0.29) is 43.2 Å². The predicted molar refractivity (Wildman–Crippen MR) is 145 cm³/mol. The van der Waals surface area contributed by atoms with Crippen LogP contribution < -0.4 is 0 Å². The maximum atomic E-state index is 12.5. The largest absolute Gasteiger partial charge is 0.342 e. The van der Waals surface area contributed by atoms with E-state index in [9.17, 15) is 9.59 Å². The molecule has 0 aliphatic carbocycles. The topological polar surface area (TPSA) is 40.6 Å². The molecule has 33 heavy (non-hydrogen) atoms. The molecule has 0 N–H and O–H groups in total. The van der Waals surface area contributed by atoms with Gasteiger partial charge in [-0.2, -0.15) is 0 Å². The van der Waals surface area contributed by atoms with Crippen LogP contribution >= 0.6 is 0 Å². The summed E-state index contributed by atoms with van der Waals surface area (Å²) in [7, 11) is 1.96. The lowest BCUT2D eigenvalue weighted by Gasteiger charge is -2.41. The minimum absolute atomic E-state index is 0.